The van der Waals surface area contributed by atoms with Gasteiger partial charge in [-0.15, -0.1) is 18.0 Å². The maximum atomic E-state index is 11.2. The van der Waals surface area contributed by atoms with Crippen molar-refractivity contribution in [1.29, 1.82) is 0 Å². The fourth-order valence-electron chi connectivity index (χ4n) is 1.78. The van der Waals surface area contributed by atoms with Crippen molar-refractivity contribution in [2.45, 2.75) is 19.3 Å². The zero-order valence-corrected chi connectivity index (χ0v) is 10.5. The van der Waals surface area contributed by atoms with Crippen LogP contribution in [-0.4, -0.2) is 18.2 Å². The molecule has 1 aromatic heterocycles. The third kappa shape index (κ3) is 3.04. The van der Waals surface area contributed by atoms with Crippen molar-refractivity contribution < 1.29 is 23.7 Å². The van der Waals surface area contributed by atoms with Crippen LogP contribution in [0.4, 0.5) is 5.69 Å². The summed E-state index contributed by atoms with van der Waals surface area (Å²) in [6.07, 6.45) is 3.74. The van der Waals surface area contributed by atoms with Crippen LogP contribution in [0.5, 0.6) is 0 Å². The Bertz CT molecular complexity index is 334. The summed E-state index contributed by atoms with van der Waals surface area (Å²) in [7, 11) is 0. The van der Waals surface area contributed by atoms with Crippen molar-refractivity contribution in [3.8, 4) is 0 Å². The summed E-state index contributed by atoms with van der Waals surface area (Å²) in [5.74, 6) is 0. The van der Waals surface area contributed by atoms with E-state index in [0.29, 0.717) is 0 Å². The average molecular weight is 233 g/mol. The molecule has 2 rings (SSSR count). The van der Waals surface area contributed by atoms with Crippen LogP contribution in [-0.2, 0) is 0 Å². The number of thiophene rings is 1. The third-order valence-corrected chi connectivity index (χ3v) is 3.69. The Hall–Kier alpha value is 0.117. The third-order valence-electron chi connectivity index (χ3n) is 2.48. The topological polar surface area (TPSA) is 20.3 Å². The van der Waals surface area contributed by atoms with E-state index in [1.165, 1.54) is 30.6 Å². The van der Waals surface area contributed by atoms with Gasteiger partial charge < -0.3 is 4.90 Å². The van der Waals surface area contributed by atoms with E-state index in [1.807, 2.05) is 6.07 Å². The molecule has 1 aromatic rings. The van der Waals surface area contributed by atoms with E-state index >= 15 is 0 Å². The molecule has 2 nitrogen and oxygen atoms in total. The zero-order chi connectivity index (χ0) is 9.97. The van der Waals surface area contributed by atoms with Crippen molar-refractivity contribution in [3.63, 3.8) is 0 Å². The molecule has 1 aliphatic heterocycles. The Morgan fingerprint density at radius 3 is 2.67 bits per heavy atom. The van der Waals surface area contributed by atoms with E-state index in [0.717, 1.165) is 23.7 Å². The molecule has 1 aliphatic rings. The standard InChI is InChI=1S/C10H12NOS2.Li/c12-10(13)9-8(4-7-14-9)11-5-2-1-3-6-11;/h4H,1-3,5-6H2,(H,12,13);/q-1;+1. The van der Waals surface area contributed by atoms with Gasteiger partial charge in [-0.25, -0.2) is 0 Å². The van der Waals surface area contributed by atoms with Crippen LogP contribution in [0.2, 0.25) is 0 Å². The summed E-state index contributed by atoms with van der Waals surface area (Å²) in [4.78, 5) is 14.2. The van der Waals surface area contributed by atoms with E-state index in [9.17, 15) is 4.79 Å². The minimum absolute atomic E-state index is 0. The summed E-state index contributed by atoms with van der Waals surface area (Å²) < 4.78 is 0. The van der Waals surface area contributed by atoms with E-state index in [4.69, 9.17) is 0 Å². The average Bonchev–Trinajstić information content (AvgIpc) is 2.67. The molecule has 0 saturated carbocycles. The minimum Gasteiger partial charge on any atom is -0.432 e. The second kappa shape index (κ2) is 6.00. The van der Waals surface area contributed by atoms with Crippen LogP contribution in [0, 0.1) is 5.38 Å². The molecule has 15 heavy (non-hydrogen) atoms. The molecule has 1 fully saturated rings. The summed E-state index contributed by atoms with van der Waals surface area (Å²) in [5, 5.41) is 2.87. The Kier molecular flexibility index (Phi) is 5.28. The van der Waals surface area contributed by atoms with E-state index in [-0.39, 0.29) is 24.0 Å². The van der Waals surface area contributed by atoms with Crippen molar-refractivity contribution in [2.24, 2.45) is 0 Å². The van der Waals surface area contributed by atoms with Gasteiger partial charge >= 0.3 is 18.9 Å². The number of nitrogens with zero attached hydrogens (tertiary/aromatic N) is 1. The Morgan fingerprint density at radius 2 is 2.07 bits per heavy atom. The first-order valence-corrected chi connectivity index (χ1v) is 6.03. The molecule has 0 radical (unpaired) electrons. The number of hydrogen-bond acceptors (Lipinski definition) is 3. The second-order valence-electron chi connectivity index (χ2n) is 3.43. The number of carbonyl (C=O) groups excluding carboxylic acids is 1. The Labute approximate surface area is 112 Å². The fourth-order valence-corrected chi connectivity index (χ4v) is 2.70. The predicted molar refractivity (Wildman–Crippen MR) is 62.5 cm³/mol. The number of anilines is 1. The number of piperidine rings is 1. The first-order valence-electron chi connectivity index (χ1n) is 4.77. The first kappa shape index (κ1) is 13.2. The number of carbonyl (C=O) groups is 1. The van der Waals surface area contributed by atoms with Gasteiger partial charge in [0.2, 0.25) is 0 Å². The molecule has 0 atom stereocenters. The Morgan fingerprint density at radius 1 is 1.40 bits per heavy atom. The molecule has 0 bridgehead atoms. The quantitative estimate of drug-likeness (QED) is 0.427. The molecule has 5 heteroatoms. The van der Waals surface area contributed by atoms with Crippen LogP contribution in [0.3, 0.4) is 0 Å². The molecule has 0 unspecified atom stereocenters. The maximum Gasteiger partial charge on any atom is 1.00 e. The van der Waals surface area contributed by atoms with Gasteiger partial charge in [-0.2, -0.15) is 6.07 Å². The van der Waals surface area contributed by atoms with Gasteiger partial charge in [0.1, 0.15) is 0 Å². The van der Waals surface area contributed by atoms with Crippen molar-refractivity contribution in [2.75, 3.05) is 18.0 Å². The SMILES string of the molecule is O=C(S)c1s[c-]cc1N1CCCCC1.[Li+]. The predicted octanol–water partition coefficient (Wildman–Crippen LogP) is -0.387. The summed E-state index contributed by atoms with van der Waals surface area (Å²) in [5.41, 5.74) is 1.02. The van der Waals surface area contributed by atoms with Crippen LogP contribution in [0.15, 0.2) is 6.07 Å². The van der Waals surface area contributed by atoms with Crippen molar-refractivity contribution in [3.05, 3.63) is 16.3 Å². The Balaban J connectivity index is 0.00000112. The normalized spacial score (nSPS) is 15.9. The molecule has 0 N–H and O–H groups in total. The largest absolute Gasteiger partial charge is 1.00 e. The fraction of sp³-hybridized carbons (Fsp3) is 0.500. The minimum atomic E-state index is -0.142. The van der Waals surface area contributed by atoms with Gasteiger partial charge in [-0.1, -0.05) is 17.0 Å². The smallest absolute Gasteiger partial charge is 0.432 e. The number of hydrogen-bond donors (Lipinski definition) is 1. The van der Waals surface area contributed by atoms with Crippen LogP contribution >= 0.6 is 24.0 Å². The van der Waals surface area contributed by atoms with Gasteiger partial charge in [0.15, 0.2) is 5.12 Å². The first-order chi connectivity index (χ1) is 6.79. The van der Waals surface area contributed by atoms with Crippen molar-refractivity contribution in [1.82, 2.24) is 0 Å². The molecule has 0 aliphatic carbocycles. The summed E-state index contributed by atoms with van der Waals surface area (Å²) >= 11 is 5.23. The van der Waals surface area contributed by atoms with Crippen LogP contribution in [0.1, 0.15) is 28.9 Å². The molecule has 76 valence electrons. The van der Waals surface area contributed by atoms with Gasteiger partial charge in [-0.05, 0) is 12.8 Å². The van der Waals surface area contributed by atoms with Crippen LogP contribution in [0.25, 0.3) is 0 Å². The molecule has 0 aromatic carbocycles. The summed E-state index contributed by atoms with van der Waals surface area (Å²) in [6, 6.07) is 1.90. The number of thiol groups is 1. The van der Waals surface area contributed by atoms with Gasteiger partial charge in [0, 0.05) is 13.1 Å². The van der Waals surface area contributed by atoms with Crippen molar-refractivity contribution >= 4 is 34.8 Å². The molecule has 0 spiro atoms. The van der Waals surface area contributed by atoms with Gasteiger partial charge in [0.05, 0.1) is 0 Å². The number of rotatable bonds is 2. The van der Waals surface area contributed by atoms with E-state index in [1.54, 1.807) is 0 Å². The maximum absolute atomic E-state index is 11.2. The zero-order valence-electron chi connectivity index (χ0n) is 8.82. The molecule has 1 saturated heterocycles. The second-order valence-corrected chi connectivity index (χ2v) is 4.69. The van der Waals surface area contributed by atoms with Crippen LogP contribution < -0.4 is 23.8 Å². The van der Waals surface area contributed by atoms with Gasteiger partial charge in [0.25, 0.3) is 0 Å². The molecule has 2 heterocycles. The molecular weight excluding hydrogens is 221 g/mol. The van der Waals surface area contributed by atoms with Gasteiger partial charge in [-0.3, -0.25) is 16.1 Å². The van der Waals surface area contributed by atoms with E-state index in [2.05, 4.69) is 22.9 Å². The van der Waals surface area contributed by atoms with E-state index < -0.39 is 0 Å². The monoisotopic (exact) mass is 233 g/mol. The molecular formula is C10H12LiNOS2. The molecule has 0 amide bonds. The summed E-state index contributed by atoms with van der Waals surface area (Å²) in [6.45, 7) is 2.11.